The molecule has 12 nitrogen and oxygen atoms in total. The molecular weight excluding hydrogens is 664 g/mol. The van der Waals surface area contributed by atoms with Crippen molar-refractivity contribution < 1.29 is 34.2 Å². The van der Waals surface area contributed by atoms with Crippen LogP contribution >= 0.6 is 0 Å². The van der Waals surface area contributed by atoms with Gasteiger partial charge in [0.2, 0.25) is 0 Å². The van der Waals surface area contributed by atoms with Gasteiger partial charge in [-0.15, -0.1) is 5.10 Å². The molecule has 0 unspecified atom stereocenters. The van der Waals surface area contributed by atoms with E-state index in [4.69, 9.17) is 9.47 Å². The van der Waals surface area contributed by atoms with Crippen LogP contribution < -0.4 is 0 Å². The number of non-ortho nitro benzene ring substituents is 1. The van der Waals surface area contributed by atoms with Gasteiger partial charge in [0, 0.05) is 24.6 Å². The molecule has 0 aliphatic heterocycles. The van der Waals surface area contributed by atoms with Gasteiger partial charge in [0.15, 0.2) is 0 Å². The quantitative estimate of drug-likeness (QED) is 0.0924. The van der Waals surface area contributed by atoms with Crippen LogP contribution in [0.2, 0.25) is 0 Å². The van der Waals surface area contributed by atoms with Crippen LogP contribution in [-0.4, -0.2) is 60.4 Å². The maximum atomic E-state index is 14.3. The van der Waals surface area contributed by atoms with Crippen LogP contribution in [0, 0.1) is 50.0 Å². The standard InChI is InChI=1S/C40H54N4O8/c1-23(2)9-8-10-29(37(48)51-22-26-21-43(42-41-26)27-11-13-28(14-12-27)44(49)50)35-31-19-33(47)36-38(5)17-16-32(46)24(3)30(38)15-18-39(36,6)40(31,7)20-34(35)52-25(4)45/h9,11-14,21,24,30-34,36,46-47H,8,10,15-20,22H2,1-7H3/b35-29-/t24-,30-,31-,32+,33+,34-,36-,38-,39-,40-/m0/s1. The van der Waals surface area contributed by atoms with Crippen LogP contribution in [0.1, 0.15) is 106 Å². The molecule has 0 saturated heterocycles. The Kier molecular flexibility index (Phi) is 10.3. The van der Waals surface area contributed by atoms with Gasteiger partial charge in [0.05, 0.1) is 29.0 Å². The van der Waals surface area contributed by atoms with Gasteiger partial charge in [-0.1, -0.05) is 44.6 Å². The first-order chi connectivity index (χ1) is 24.5. The van der Waals surface area contributed by atoms with E-state index in [9.17, 15) is 29.9 Å². The van der Waals surface area contributed by atoms with Gasteiger partial charge < -0.3 is 19.7 Å². The number of carbonyl (C=O) groups excluding carboxylic acids is 2. The Morgan fingerprint density at radius 1 is 1.06 bits per heavy atom. The Bertz CT molecular complexity index is 1760. The minimum atomic E-state index is -0.634. The van der Waals surface area contributed by atoms with Gasteiger partial charge in [-0.25, -0.2) is 9.48 Å². The molecular formula is C40H54N4O8. The number of esters is 2. The molecule has 1 aromatic heterocycles. The first kappa shape index (κ1) is 37.8. The lowest BCUT2D eigenvalue weighted by Crippen LogP contribution is -2.65. The smallest absolute Gasteiger partial charge is 0.334 e. The second-order valence-electron chi connectivity index (χ2n) is 16.8. The lowest BCUT2D eigenvalue weighted by molar-refractivity contribution is -0.384. The summed E-state index contributed by atoms with van der Waals surface area (Å²) in [6.07, 6.45) is 7.46. The number of nitro benzene ring substituents is 1. The summed E-state index contributed by atoms with van der Waals surface area (Å²) in [5, 5.41) is 42.5. The van der Waals surface area contributed by atoms with Gasteiger partial charge in [-0.2, -0.15) is 0 Å². The predicted octanol–water partition coefficient (Wildman–Crippen LogP) is 6.81. The van der Waals surface area contributed by atoms with E-state index in [2.05, 4.69) is 44.1 Å². The zero-order valence-corrected chi connectivity index (χ0v) is 31.5. The lowest BCUT2D eigenvalue weighted by Gasteiger charge is -2.69. The third-order valence-electron chi connectivity index (χ3n) is 13.8. The largest absolute Gasteiger partial charge is 0.458 e. The molecule has 0 bridgehead atoms. The molecule has 0 amide bonds. The Balaban J connectivity index is 1.34. The van der Waals surface area contributed by atoms with Crippen LogP contribution in [-0.2, 0) is 25.7 Å². The summed E-state index contributed by atoms with van der Waals surface area (Å²) in [7, 11) is 0. The lowest BCUT2D eigenvalue weighted by atomic mass is 9.36. The van der Waals surface area contributed by atoms with E-state index in [-0.39, 0.29) is 52.4 Å². The molecule has 0 radical (unpaired) electrons. The molecule has 6 rings (SSSR count). The molecule has 4 aliphatic carbocycles. The van der Waals surface area contributed by atoms with Crippen molar-refractivity contribution in [2.75, 3.05) is 0 Å². The number of ether oxygens (including phenoxy) is 2. The van der Waals surface area contributed by atoms with Crippen LogP contribution in [0.25, 0.3) is 5.69 Å². The van der Waals surface area contributed by atoms with Crippen molar-refractivity contribution in [2.24, 2.45) is 39.9 Å². The molecule has 0 spiro atoms. The highest BCUT2D eigenvalue weighted by molar-refractivity contribution is 5.90. The minimum absolute atomic E-state index is 0.00767. The van der Waals surface area contributed by atoms with E-state index in [0.29, 0.717) is 48.6 Å². The number of nitro groups is 1. The fraction of sp³-hybridized carbons (Fsp3) is 0.650. The van der Waals surface area contributed by atoms with Crippen LogP contribution in [0.4, 0.5) is 5.69 Å². The van der Waals surface area contributed by atoms with Crippen molar-refractivity contribution in [1.29, 1.82) is 0 Å². The van der Waals surface area contributed by atoms with E-state index in [0.717, 1.165) is 36.8 Å². The highest BCUT2D eigenvalue weighted by Gasteiger charge is 2.70. The number of aliphatic hydroxyl groups excluding tert-OH is 2. The number of rotatable bonds is 9. The molecule has 1 aromatic carbocycles. The van der Waals surface area contributed by atoms with Crippen LogP contribution in [0.15, 0.2) is 53.3 Å². The third-order valence-corrected chi connectivity index (χ3v) is 13.8. The van der Waals surface area contributed by atoms with Crippen LogP contribution in [0.3, 0.4) is 0 Å². The van der Waals surface area contributed by atoms with Gasteiger partial charge in [-0.05, 0) is 123 Å². The number of carbonyl (C=O) groups is 2. The van der Waals surface area contributed by atoms with E-state index in [1.807, 2.05) is 13.8 Å². The van der Waals surface area contributed by atoms with Crippen molar-refractivity contribution in [3.05, 3.63) is 69.1 Å². The fourth-order valence-corrected chi connectivity index (χ4v) is 11.2. The van der Waals surface area contributed by atoms with Gasteiger partial charge >= 0.3 is 11.9 Å². The Labute approximate surface area is 305 Å². The maximum absolute atomic E-state index is 14.3. The summed E-state index contributed by atoms with van der Waals surface area (Å²) in [6, 6.07) is 5.89. The Hall–Kier alpha value is -3.90. The van der Waals surface area contributed by atoms with Crippen molar-refractivity contribution in [2.45, 2.75) is 125 Å². The van der Waals surface area contributed by atoms with Gasteiger partial charge in [0.1, 0.15) is 18.4 Å². The zero-order chi connectivity index (χ0) is 37.7. The van der Waals surface area contributed by atoms with Gasteiger partial charge in [0.25, 0.3) is 5.69 Å². The SMILES string of the molecule is CC(=O)O[C@H]1C[C@@]2(C)[C@@H](C[C@@H](O)[C@H]3[C@@]4(C)CC[C@@H](O)[C@@H](C)[C@@H]4CC[C@@]32C)/C1=C(\CCC=C(C)C)C(=O)OCc1cn(-c2ccc([N+](=O)[O-])cc2)nn1. The molecule has 2 N–H and O–H groups in total. The van der Waals surface area contributed by atoms with Crippen molar-refractivity contribution >= 4 is 17.6 Å². The predicted molar refractivity (Wildman–Crippen MR) is 193 cm³/mol. The second kappa shape index (κ2) is 14.2. The summed E-state index contributed by atoms with van der Waals surface area (Å²) < 4.78 is 13.5. The monoisotopic (exact) mass is 718 g/mol. The molecule has 282 valence electrons. The highest BCUT2D eigenvalue weighted by Crippen LogP contribution is 2.74. The van der Waals surface area contributed by atoms with Crippen molar-refractivity contribution in [3.8, 4) is 5.69 Å². The number of benzene rings is 1. The first-order valence-corrected chi connectivity index (χ1v) is 18.7. The van der Waals surface area contributed by atoms with E-state index in [1.165, 1.54) is 23.7 Å². The summed E-state index contributed by atoms with van der Waals surface area (Å²) in [5.74, 6) is -0.698. The average Bonchev–Trinajstić information content (AvgIpc) is 3.66. The molecule has 10 atom stereocenters. The van der Waals surface area contributed by atoms with Crippen LogP contribution in [0.5, 0.6) is 0 Å². The Morgan fingerprint density at radius 3 is 2.42 bits per heavy atom. The topological polar surface area (TPSA) is 167 Å². The average molecular weight is 719 g/mol. The minimum Gasteiger partial charge on any atom is -0.458 e. The fourth-order valence-electron chi connectivity index (χ4n) is 11.2. The number of hydrogen-bond donors (Lipinski definition) is 2. The molecule has 4 aliphatic rings. The van der Waals surface area contributed by atoms with Crippen molar-refractivity contribution in [3.63, 3.8) is 0 Å². The summed E-state index contributed by atoms with van der Waals surface area (Å²) in [4.78, 5) is 37.5. The number of fused-ring (bicyclic) bond motifs is 5. The first-order valence-electron chi connectivity index (χ1n) is 18.7. The summed E-state index contributed by atoms with van der Waals surface area (Å²) in [6.45, 7) is 14.3. The van der Waals surface area contributed by atoms with Crippen molar-refractivity contribution in [1.82, 2.24) is 15.0 Å². The molecule has 1 heterocycles. The molecule has 52 heavy (non-hydrogen) atoms. The number of allylic oxidation sites excluding steroid dienone is 2. The highest BCUT2D eigenvalue weighted by atomic mass is 16.6. The second-order valence-corrected chi connectivity index (χ2v) is 16.8. The van der Waals surface area contributed by atoms with E-state index >= 15 is 0 Å². The summed E-state index contributed by atoms with van der Waals surface area (Å²) in [5.41, 5.74) is 2.44. The Morgan fingerprint density at radius 2 is 1.77 bits per heavy atom. The van der Waals surface area contributed by atoms with E-state index in [1.54, 1.807) is 18.3 Å². The summed E-state index contributed by atoms with van der Waals surface area (Å²) >= 11 is 0. The number of nitrogens with zero attached hydrogens (tertiary/aromatic N) is 4. The van der Waals surface area contributed by atoms with E-state index < -0.39 is 29.1 Å². The number of aromatic nitrogens is 3. The molecule has 12 heteroatoms. The molecule has 4 saturated carbocycles. The maximum Gasteiger partial charge on any atom is 0.334 e. The number of hydrogen-bond acceptors (Lipinski definition) is 10. The third kappa shape index (κ3) is 6.50. The number of aliphatic hydroxyl groups is 2. The van der Waals surface area contributed by atoms with Gasteiger partial charge in [-0.3, -0.25) is 14.9 Å². The molecule has 2 aromatic rings. The molecule has 4 fully saturated rings. The zero-order valence-electron chi connectivity index (χ0n) is 31.5. The normalized spacial score (nSPS) is 36.1.